The van der Waals surface area contributed by atoms with E-state index >= 15 is 0 Å². The first-order chi connectivity index (χ1) is 22.9. The normalized spacial score (nSPS) is 12.6. The topological polar surface area (TPSA) is 130 Å². The van der Waals surface area contributed by atoms with Gasteiger partial charge >= 0.3 is 12.2 Å². The molecule has 10 nitrogen and oxygen atoms in total. The summed E-state index contributed by atoms with van der Waals surface area (Å²) < 4.78 is 24.9. The number of rotatable bonds is 10. The zero-order chi connectivity index (χ0) is 34.4. The van der Waals surface area contributed by atoms with Gasteiger partial charge in [-0.3, -0.25) is 14.9 Å². The summed E-state index contributed by atoms with van der Waals surface area (Å²) in [6.07, 6.45) is -0.474. The summed E-state index contributed by atoms with van der Waals surface area (Å²) in [5, 5.41) is 6.30. The van der Waals surface area contributed by atoms with Crippen molar-refractivity contribution in [1.29, 1.82) is 0 Å². The Labute approximate surface area is 285 Å². The van der Waals surface area contributed by atoms with Crippen molar-refractivity contribution in [1.82, 2.24) is 15.2 Å². The van der Waals surface area contributed by atoms with Crippen LogP contribution in [-0.2, 0) is 33.8 Å². The summed E-state index contributed by atoms with van der Waals surface area (Å²) in [6.45, 7) is 6.58. The van der Waals surface area contributed by atoms with E-state index in [4.69, 9.17) is 9.47 Å². The molecule has 4 aromatic rings. The van der Waals surface area contributed by atoms with Gasteiger partial charge in [-0.15, -0.1) is 0 Å². The van der Waals surface area contributed by atoms with Crippen molar-refractivity contribution in [3.05, 3.63) is 88.7 Å². The van der Waals surface area contributed by atoms with Gasteiger partial charge in [0.1, 0.15) is 19.0 Å². The predicted octanol–water partition coefficient (Wildman–Crippen LogP) is 7.53. The third-order valence-corrected chi connectivity index (χ3v) is 10.1. The minimum absolute atomic E-state index is 0.0537. The van der Waals surface area contributed by atoms with Crippen LogP contribution in [0, 0.1) is 11.2 Å². The van der Waals surface area contributed by atoms with Crippen molar-refractivity contribution in [3.63, 3.8) is 0 Å². The van der Waals surface area contributed by atoms with Crippen LogP contribution < -0.4 is 10.6 Å². The first-order valence-electron chi connectivity index (χ1n) is 15.3. The van der Waals surface area contributed by atoms with Crippen LogP contribution in [0.15, 0.2) is 60.7 Å². The average Bonchev–Trinajstić information content (AvgIpc) is 3.32. The van der Waals surface area contributed by atoms with E-state index in [9.17, 15) is 23.6 Å². The molecule has 2 heterocycles. The Morgan fingerprint density at radius 1 is 1.00 bits per heavy atom. The van der Waals surface area contributed by atoms with Gasteiger partial charge in [0.15, 0.2) is 0 Å². The van der Waals surface area contributed by atoms with E-state index in [2.05, 4.69) is 15.6 Å². The van der Waals surface area contributed by atoms with Crippen LogP contribution in [0.2, 0.25) is 0 Å². The third kappa shape index (κ3) is 8.70. The van der Waals surface area contributed by atoms with Gasteiger partial charge in [-0.2, -0.15) is 0 Å². The van der Waals surface area contributed by atoms with E-state index in [1.807, 2.05) is 45.0 Å². The highest BCUT2D eigenvalue weighted by Gasteiger charge is 2.24. The number of aromatic amines is 1. The minimum Gasteiger partial charge on any atom is -0.448 e. The molecule has 13 heteroatoms. The Kier molecular flexibility index (Phi) is 11.0. The van der Waals surface area contributed by atoms with E-state index in [1.54, 1.807) is 31.3 Å². The number of hydrogen-bond donors (Lipinski definition) is 3. The summed E-state index contributed by atoms with van der Waals surface area (Å²) in [7, 11) is 4.16. The molecule has 1 aliphatic rings. The maximum Gasteiger partial charge on any atom is 0.411 e. The highest BCUT2D eigenvalue weighted by molar-refractivity contribution is 8.82. The van der Waals surface area contributed by atoms with Gasteiger partial charge in [-0.1, -0.05) is 68.0 Å². The van der Waals surface area contributed by atoms with E-state index < -0.39 is 23.4 Å². The number of H-pyrrole nitrogens is 1. The van der Waals surface area contributed by atoms with Crippen LogP contribution >= 0.6 is 21.6 Å². The van der Waals surface area contributed by atoms with Crippen LogP contribution in [0.25, 0.3) is 22.2 Å². The standard InChI is InChI=1S/C35H37FN4O6S2/c1-35(2,3)32(42)48-47-16-15-45-33(43)38-25-11-7-22(8-12-25)20-46-34(44)40(4)19-21-5-9-23(10-6-21)30-26-13-14-37-31(41)27-17-24(36)18-28(39-30)29(26)27/h5-12,17-18,39H,13-16,19-20H2,1-4H3,(H,37,41)(H,38,43). The number of benzene rings is 3. The largest absolute Gasteiger partial charge is 0.448 e. The second kappa shape index (κ2) is 15.2. The van der Waals surface area contributed by atoms with Gasteiger partial charge in [0.25, 0.3) is 5.91 Å². The zero-order valence-corrected chi connectivity index (χ0v) is 28.7. The van der Waals surface area contributed by atoms with Crippen molar-refractivity contribution < 1.29 is 33.0 Å². The van der Waals surface area contributed by atoms with Gasteiger partial charge in [-0.25, -0.2) is 14.0 Å². The van der Waals surface area contributed by atoms with Crippen LogP contribution in [0.3, 0.4) is 0 Å². The summed E-state index contributed by atoms with van der Waals surface area (Å²) in [6, 6.07) is 17.3. The number of carbonyl (C=O) groups excluding carboxylic acids is 4. The second-order valence-electron chi connectivity index (χ2n) is 12.4. The number of ether oxygens (including phenoxy) is 2. The van der Waals surface area contributed by atoms with Crippen molar-refractivity contribution >= 4 is 61.4 Å². The second-order valence-corrected chi connectivity index (χ2v) is 14.8. The molecule has 3 amide bonds. The van der Waals surface area contributed by atoms with E-state index in [-0.39, 0.29) is 24.2 Å². The van der Waals surface area contributed by atoms with Crippen LogP contribution in [0.5, 0.6) is 0 Å². The molecular weight excluding hydrogens is 656 g/mol. The molecule has 48 heavy (non-hydrogen) atoms. The molecule has 0 saturated heterocycles. The molecule has 0 radical (unpaired) electrons. The molecule has 3 aromatic carbocycles. The molecule has 1 aliphatic heterocycles. The monoisotopic (exact) mass is 692 g/mol. The summed E-state index contributed by atoms with van der Waals surface area (Å²) in [4.78, 5) is 54.0. The zero-order valence-electron chi connectivity index (χ0n) is 27.1. The smallest absolute Gasteiger partial charge is 0.411 e. The Hall–Kier alpha value is -4.49. The number of aromatic nitrogens is 1. The number of amides is 3. The first kappa shape index (κ1) is 34.8. The fourth-order valence-corrected chi connectivity index (χ4v) is 7.15. The lowest BCUT2D eigenvalue weighted by atomic mass is 9.99. The molecule has 252 valence electrons. The Balaban J connectivity index is 1.08. The first-order valence-corrected chi connectivity index (χ1v) is 17.7. The molecule has 0 aliphatic carbocycles. The van der Waals surface area contributed by atoms with Crippen molar-refractivity contribution in [2.75, 3.05) is 31.3 Å². The van der Waals surface area contributed by atoms with E-state index in [0.29, 0.717) is 42.0 Å². The molecule has 0 unspecified atom stereocenters. The number of nitrogens with zero attached hydrogens (tertiary/aromatic N) is 1. The summed E-state index contributed by atoms with van der Waals surface area (Å²) in [5.41, 5.74) is 5.36. The number of nitrogens with one attached hydrogen (secondary N) is 3. The molecule has 0 atom stereocenters. The van der Waals surface area contributed by atoms with E-state index in [1.165, 1.54) is 27.8 Å². The fraction of sp³-hybridized carbons (Fsp3) is 0.314. The lowest BCUT2D eigenvalue weighted by Crippen LogP contribution is -2.26. The maximum absolute atomic E-state index is 14.2. The Bertz CT molecular complexity index is 1820. The molecule has 0 fully saturated rings. The molecule has 3 N–H and O–H groups in total. The Morgan fingerprint density at radius 3 is 2.42 bits per heavy atom. The summed E-state index contributed by atoms with van der Waals surface area (Å²) in [5.74, 6) is -0.269. The van der Waals surface area contributed by atoms with Gasteiger partial charge < -0.3 is 24.7 Å². The number of halogens is 1. The molecular formula is C35H37FN4O6S2. The van der Waals surface area contributed by atoms with Crippen molar-refractivity contribution in [3.8, 4) is 11.3 Å². The van der Waals surface area contributed by atoms with E-state index in [0.717, 1.165) is 44.1 Å². The van der Waals surface area contributed by atoms with Gasteiger partial charge in [0, 0.05) is 53.6 Å². The van der Waals surface area contributed by atoms with Crippen molar-refractivity contribution in [2.45, 2.75) is 40.3 Å². The van der Waals surface area contributed by atoms with Gasteiger partial charge in [0.05, 0.1) is 5.56 Å². The molecule has 0 spiro atoms. The maximum atomic E-state index is 14.2. The Morgan fingerprint density at radius 2 is 1.71 bits per heavy atom. The van der Waals surface area contributed by atoms with Crippen molar-refractivity contribution in [2.24, 2.45) is 5.41 Å². The van der Waals surface area contributed by atoms with Crippen LogP contribution in [-0.4, -0.2) is 59.0 Å². The third-order valence-electron chi connectivity index (χ3n) is 7.56. The fourth-order valence-electron chi connectivity index (χ4n) is 5.03. The average molecular weight is 693 g/mol. The van der Waals surface area contributed by atoms with Crippen LogP contribution in [0.4, 0.5) is 19.7 Å². The lowest BCUT2D eigenvalue weighted by Gasteiger charge is -2.17. The quantitative estimate of drug-likeness (QED) is 0.115. The van der Waals surface area contributed by atoms with Crippen LogP contribution in [0.1, 0.15) is 47.8 Å². The number of anilines is 1. The predicted molar refractivity (Wildman–Crippen MR) is 187 cm³/mol. The molecule has 0 saturated carbocycles. The summed E-state index contributed by atoms with van der Waals surface area (Å²) >= 11 is 0. The van der Waals surface area contributed by atoms with Gasteiger partial charge in [0.2, 0.25) is 5.12 Å². The lowest BCUT2D eigenvalue weighted by molar-refractivity contribution is -0.117. The number of carbonyl (C=O) groups is 4. The molecule has 0 bridgehead atoms. The highest BCUT2D eigenvalue weighted by atomic mass is 33.1. The molecule has 1 aromatic heterocycles. The highest BCUT2D eigenvalue weighted by Crippen LogP contribution is 2.35. The molecule has 5 rings (SSSR count). The number of hydrogen-bond acceptors (Lipinski definition) is 8. The minimum atomic E-state index is -0.596. The van der Waals surface area contributed by atoms with Gasteiger partial charge in [-0.05, 0) is 63.7 Å². The SMILES string of the molecule is CN(Cc1ccc(-c2[nH]c3cc(F)cc4c3c2CCNC4=O)cc1)C(=O)OCc1ccc(NC(=O)OCCSSC(=O)C(C)(C)C)cc1.